The number of H-pyrrole nitrogens is 1. The summed E-state index contributed by atoms with van der Waals surface area (Å²) in [7, 11) is 0. The van der Waals surface area contributed by atoms with Crippen LogP contribution in [0.2, 0.25) is 0 Å². The molecule has 1 aromatic carbocycles. The van der Waals surface area contributed by atoms with E-state index in [1.807, 2.05) is 0 Å². The maximum absolute atomic E-state index is 12.3. The smallest absolute Gasteiger partial charge is 0.276 e. The van der Waals surface area contributed by atoms with Crippen LogP contribution in [0.15, 0.2) is 53.1 Å². The van der Waals surface area contributed by atoms with Gasteiger partial charge in [-0.05, 0) is 49.2 Å². The number of carbonyl (C=O) groups excluding carboxylic acids is 2. The molecule has 25 heavy (non-hydrogen) atoms. The van der Waals surface area contributed by atoms with Gasteiger partial charge in [-0.1, -0.05) is 0 Å². The maximum atomic E-state index is 12.3. The molecule has 0 aliphatic heterocycles. The maximum Gasteiger partial charge on any atom is 0.276 e. The molecule has 1 fully saturated rings. The number of benzene rings is 1. The molecule has 2 heterocycles. The third kappa shape index (κ3) is 3.45. The molecule has 1 aliphatic rings. The Morgan fingerprint density at radius 3 is 2.44 bits per heavy atom. The molecule has 4 rings (SSSR count). The number of hydrogen-bond acceptors (Lipinski definition) is 4. The average molecular weight is 336 g/mol. The number of nitrogens with one attached hydrogen (secondary N) is 3. The van der Waals surface area contributed by atoms with Crippen LogP contribution in [-0.4, -0.2) is 22.0 Å². The fourth-order valence-corrected chi connectivity index (χ4v) is 2.42. The molecule has 1 saturated carbocycles. The van der Waals surface area contributed by atoms with Crippen molar-refractivity contribution in [2.45, 2.75) is 12.8 Å². The Bertz CT molecular complexity index is 893. The van der Waals surface area contributed by atoms with Crippen molar-refractivity contribution in [3.05, 3.63) is 54.4 Å². The van der Waals surface area contributed by atoms with Gasteiger partial charge in [-0.2, -0.15) is 5.10 Å². The highest BCUT2D eigenvalue weighted by atomic mass is 16.3. The molecular weight excluding hydrogens is 320 g/mol. The first-order valence-corrected chi connectivity index (χ1v) is 8.00. The molecule has 3 aromatic rings. The van der Waals surface area contributed by atoms with Crippen LogP contribution in [0.1, 0.15) is 23.3 Å². The van der Waals surface area contributed by atoms with E-state index in [2.05, 4.69) is 20.8 Å². The number of carbonyl (C=O) groups is 2. The number of aromatic amines is 1. The number of hydrogen-bond donors (Lipinski definition) is 3. The Kier molecular flexibility index (Phi) is 3.81. The minimum atomic E-state index is -0.330. The zero-order chi connectivity index (χ0) is 17.2. The Hall–Kier alpha value is -3.35. The molecular formula is C18H16N4O3. The van der Waals surface area contributed by atoms with Crippen LogP contribution in [0.5, 0.6) is 0 Å². The van der Waals surface area contributed by atoms with Crippen LogP contribution in [-0.2, 0) is 4.79 Å². The van der Waals surface area contributed by atoms with Crippen LogP contribution in [0.25, 0.3) is 11.5 Å². The van der Waals surface area contributed by atoms with Gasteiger partial charge in [-0.3, -0.25) is 14.7 Å². The number of anilines is 2. The SMILES string of the molecule is O=C(Nc1ccc(NC(=O)C2CC2)cc1)c1cc(-c2ccco2)[nH]n1. The lowest BCUT2D eigenvalue weighted by molar-refractivity contribution is -0.117. The summed E-state index contributed by atoms with van der Waals surface area (Å²) < 4.78 is 5.26. The fraction of sp³-hybridized carbons (Fsp3) is 0.167. The number of nitrogens with zero attached hydrogens (tertiary/aromatic N) is 1. The summed E-state index contributed by atoms with van der Waals surface area (Å²) in [6, 6.07) is 12.2. The molecule has 0 saturated heterocycles. The van der Waals surface area contributed by atoms with Crippen molar-refractivity contribution in [2.75, 3.05) is 10.6 Å². The highest BCUT2D eigenvalue weighted by molar-refractivity contribution is 6.03. The van der Waals surface area contributed by atoms with E-state index in [0.717, 1.165) is 18.5 Å². The molecule has 0 atom stereocenters. The van der Waals surface area contributed by atoms with Gasteiger partial charge >= 0.3 is 0 Å². The normalized spacial score (nSPS) is 13.4. The van der Waals surface area contributed by atoms with Crippen molar-refractivity contribution in [2.24, 2.45) is 5.92 Å². The van der Waals surface area contributed by atoms with E-state index in [4.69, 9.17) is 4.42 Å². The first-order chi connectivity index (χ1) is 12.2. The summed E-state index contributed by atoms with van der Waals surface area (Å²) >= 11 is 0. The molecule has 0 bridgehead atoms. The molecule has 7 nitrogen and oxygen atoms in total. The average Bonchev–Trinajstić information content (AvgIpc) is 3.11. The van der Waals surface area contributed by atoms with Crippen molar-refractivity contribution in [3.63, 3.8) is 0 Å². The van der Waals surface area contributed by atoms with Gasteiger partial charge in [0.15, 0.2) is 11.5 Å². The van der Waals surface area contributed by atoms with Gasteiger partial charge in [0.2, 0.25) is 5.91 Å². The quantitative estimate of drug-likeness (QED) is 0.665. The number of aromatic nitrogens is 2. The van der Waals surface area contributed by atoms with Crippen LogP contribution < -0.4 is 10.6 Å². The zero-order valence-corrected chi connectivity index (χ0v) is 13.3. The molecule has 0 radical (unpaired) electrons. The summed E-state index contributed by atoms with van der Waals surface area (Å²) in [6.45, 7) is 0. The Morgan fingerprint density at radius 2 is 1.80 bits per heavy atom. The minimum Gasteiger partial charge on any atom is -0.463 e. The first-order valence-electron chi connectivity index (χ1n) is 8.00. The summed E-state index contributed by atoms with van der Waals surface area (Å²) in [5.74, 6) is 0.493. The summed E-state index contributed by atoms with van der Waals surface area (Å²) in [5, 5.41) is 12.4. The van der Waals surface area contributed by atoms with Crippen LogP contribution in [0.3, 0.4) is 0 Å². The van der Waals surface area contributed by atoms with Crippen molar-refractivity contribution in [1.29, 1.82) is 0 Å². The topological polar surface area (TPSA) is 100 Å². The van der Waals surface area contributed by atoms with Crippen molar-refractivity contribution >= 4 is 23.2 Å². The summed E-state index contributed by atoms with van der Waals surface area (Å²) in [5.41, 5.74) is 2.23. The minimum absolute atomic E-state index is 0.0544. The van der Waals surface area contributed by atoms with Gasteiger partial charge in [0.25, 0.3) is 5.91 Å². The monoisotopic (exact) mass is 336 g/mol. The highest BCUT2D eigenvalue weighted by Crippen LogP contribution is 2.30. The van der Waals surface area contributed by atoms with Crippen molar-refractivity contribution in [1.82, 2.24) is 10.2 Å². The predicted octanol–water partition coefficient (Wildman–Crippen LogP) is 3.27. The predicted molar refractivity (Wildman–Crippen MR) is 92.0 cm³/mol. The van der Waals surface area contributed by atoms with Gasteiger partial charge in [-0.25, -0.2) is 0 Å². The Balaban J connectivity index is 1.39. The van der Waals surface area contributed by atoms with Gasteiger partial charge in [-0.15, -0.1) is 0 Å². The molecule has 126 valence electrons. The summed E-state index contributed by atoms with van der Waals surface area (Å²) in [4.78, 5) is 24.0. The van der Waals surface area contributed by atoms with Gasteiger partial charge in [0.1, 0.15) is 5.69 Å². The van der Waals surface area contributed by atoms with E-state index < -0.39 is 0 Å². The largest absolute Gasteiger partial charge is 0.463 e. The molecule has 0 spiro atoms. The molecule has 2 aromatic heterocycles. The molecule has 7 heteroatoms. The second-order valence-electron chi connectivity index (χ2n) is 5.94. The Labute approximate surface area is 143 Å². The van der Waals surface area contributed by atoms with Gasteiger partial charge < -0.3 is 15.1 Å². The Morgan fingerprint density at radius 1 is 1.08 bits per heavy atom. The lowest BCUT2D eigenvalue weighted by Crippen LogP contribution is -2.14. The van der Waals surface area contributed by atoms with E-state index in [1.165, 1.54) is 0 Å². The lowest BCUT2D eigenvalue weighted by Gasteiger charge is -2.06. The van der Waals surface area contributed by atoms with E-state index in [0.29, 0.717) is 17.1 Å². The molecule has 1 aliphatic carbocycles. The van der Waals surface area contributed by atoms with Crippen molar-refractivity contribution in [3.8, 4) is 11.5 Å². The number of furan rings is 1. The summed E-state index contributed by atoms with van der Waals surface area (Å²) in [6.07, 6.45) is 3.48. The second-order valence-corrected chi connectivity index (χ2v) is 5.94. The highest BCUT2D eigenvalue weighted by Gasteiger charge is 2.29. The number of amides is 2. The van der Waals surface area contributed by atoms with Crippen LogP contribution in [0.4, 0.5) is 11.4 Å². The second kappa shape index (κ2) is 6.27. The standard InChI is InChI=1S/C18H16N4O3/c23-17(11-3-4-11)19-12-5-7-13(8-6-12)20-18(24)15-10-14(21-22-15)16-2-1-9-25-16/h1-2,5-11H,3-4H2,(H,19,23)(H,20,24)(H,21,22). The van der Waals surface area contributed by atoms with Gasteiger partial charge in [0, 0.05) is 23.4 Å². The third-order valence-corrected chi connectivity index (χ3v) is 3.96. The lowest BCUT2D eigenvalue weighted by atomic mass is 10.2. The van der Waals surface area contributed by atoms with E-state index in [9.17, 15) is 9.59 Å². The fourth-order valence-electron chi connectivity index (χ4n) is 2.42. The number of rotatable bonds is 5. The molecule has 3 N–H and O–H groups in total. The van der Waals surface area contributed by atoms with Crippen LogP contribution >= 0.6 is 0 Å². The van der Waals surface area contributed by atoms with Gasteiger partial charge in [0.05, 0.1) is 6.26 Å². The molecule has 2 amide bonds. The van der Waals surface area contributed by atoms with Crippen molar-refractivity contribution < 1.29 is 14.0 Å². The van der Waals surface area contributed by atoms with E-state index in [1.54, 1.807) is 48.7 Å². The van der Waals surface area contributed by atoms with E-state index >= 15 is 0 Å². The molecule has 0 unspecified atom stereocenters. The zero-order valence-electron chi connectivity index (χ0n) is 13.3. The van der Waals surface area contributed by atoms with E-state index in [-0.39, 0.29) is 23.4 Å². The third-order valence-electron chi connectivity index (χ3n) is 3.96. The van der Waals surface area contributed by atoms with Crippen LogP contribution in [0, 0.1) is 5.92 Å². The first kappa shape index (κ1) is 15.2.